The van der Waals surface area contributed by atoms with Gasteiger partial charge in [0.15, 0.2) is 5.96 Å². The summed E-state index contributed by atoms with van der Waals surface area (Å²) < 4.78 is 17.9. The van der Waals surface area contributed by atoms with Gasteiger partial charge in [0.25, 0.3) is 0 Å². The molecule has 3 N–H and O–H groups in total. The third-order valence-corrected chi connectivity index (χ3v) is 3.39. The molecule has 25 heavy (non-hydrogen) atoms. The van der Waals surface area contributed by atoms with Crippen LogP contribution in [0.5, 0.6) is 5.75 Å². The van der Waals surface area contributed by atoms with Gasteiger partial charge in [0, 0.05) is 19.3 Å². The second-order valence-electron chi connectivity index (χ2n) is 5.18. The minimum Gasteiger partial charge on any atom is -0.497 e. The van der Waals surface area contributed by atoms with Crippen LogP contribution in [0.2, 0.25) is 0 Å². The number of amides is 1. The third kappa shape index (κ3) is 6.14. The number of halogens is 1. The number of carbonyl (C=O) groups excluding carboxylic acids is 1. The van der Waals surface area contributed by atoms with Crippen molar-refractivity contribution < 1.29 is 13.9 Å². The van der Waals surface area contributed by atoms with E-state index in [-0.39, 0.29) is 18.3 Å². The highest BCUT2D eigenvalue weighted by Gasteiger charge is 2.05. The van der Waals surface area contributed by atoms with E-state index in [0.29, 0.717) is 18.2 Å². The van der Waals surface area contributed by atoms with Gasteiger partial charge in [-0.15, -0.1) is 0 Å². The summed E-state index contributed by atoms with van der Waals surface area (Å²) in [5, 5.41) is 8.71. The Kier molecular flexibility index (Phi) is 6.76. The Morgan fingerprint density at radius 2 is 1.76 bits per heavy atom. The van der Waals surface area contributed by atoms with Gasteiger partial charge in [0.05, 0.1) is 13.7 Å². The average molecular weight is 344 g/mol. The number of guanidine groups is 1. The predicted octanol–water partition coefficient (Wildman–Crippen LogP) is 2.14. The lowest BCUT2D eigenvalue weighted by molar-refractivity contribution is -0.115. The van der Waals surface area contributed by atoms with Gasteiger partial charge in [-0.25, -0.2) is 4.39 Å². The zero-order valence-corrected chi connectivity index (χ0v) is 14.2. The topological polar surface area (TPSA) is 74.8 Å². The van der Waals surface area contributed by atoms with Gasteiger partial charge in [-0.2, -0.15) is 0 Å². The lowest BCUT2D eigenvalue weighted by Crippen LogP contribution is -2.41. The molecule has 1 amide bonds. The Morgan fingerprint density at radius 3 is 2.36 bits per heavy atom. The summed E-state index contributed by atoms with van der Waals surface area (Å²) in [6.07, 6.45) is 0. The number of methoxy groups -OCH3 is 1. The van der Waals surface area contributed by atoms with Crippen LogP contribution in [0.25, 0.3) is 0 Å². The lowest BCUT2D eigenvalue weighted by atomic mass is 10.2. The molecule has 0 aliphatic carbocycles. The Balaban J connectivity index is 1.77. The second-order valence-corrected chi connectivity index (χ2v) is 5.18. The monoisotopic (exact) mass is 344 g/mol. The number of nitrogens with one attached hydrogen (secondary N) is 3. The van der Waals surface area contributed by atoms with Crippen molar-refractivity contribution in [1.29, 1.82) is 0 Å². The largest absolute Gasteiger partial charge is 0.497 e. The fourth-order valence-electron chi connectivity index (χ4n) is 2.05. The van der Waals surface area contributed by atoms with Crippen molar-refractivity contribution in [1.82, 2.24) is 10.6 Å². The molecule has 0 heterocycles. The lowest BCUT2D eigenvalue weighted by Gasteiger charge is -2.12. The van der Waals surface area contributed by atoms with Crippen LogP contribution in [0.4, 0.5) is 10.1 Å². The maximum Gasteiger partial charge on any atom is 0.243 e. The summed E-state index contributed by atoms with van der Waals surface area (Å²) >= 11 is 0. The molecule has 2 aromatic rings. The van der Waals surface area contributed by atoms with Gasteiger partial charge < -0.3 is 20.7 Å². The molecule has 0 saturated carbocycles. The molecule has 0 bridgehead atoms. The fraction of sp³-hybridized carbons (Fsp3) is 0.222. The Hall–Kier alpha value is -3.09. The number of anilines is 1. The van der Waals surface area contributed by atoms with E-state index in [1.807, 2.05) is 24.3 Å². The molecule has 2 rings (SSSR count). The molecule has 0 radical (unpaired) electrons. The molecule has 2 aromatic carbocycles. The predicted molar refractivity (Wildman–Crippen MR) is 96.2 cm³/mol. The summed E-state index contributed by atoms with van der Waals surface area (Å²) in [4.78, 5) is 16.0. The molecule has 0 fully saturated rings. The van der Waals surface area contributed by atoms with E-state index in [2.05, 4.69) is 20.9 Å². The van der Waals surface area contributed by atoms with Gasteiger partial charge in [-0.05, 0) is 42.0 Å². The van der Waals surface area contributed by atoms with E-state index >= 15 is 0 Å². The first kappa shape index (κ1) is 18.3. The van der Waals surface area contributed by atoms with E-state index in [1.54, 1.807) is 14.2 Å². The van der Waals surface area contributed by atoms with Crippen LogP contribution in [0, 0.1) is 5.82 Å². The normalized spacial score (nSPS) is 10.9. The molecule has 7 heteroatoms. The molecule has 0 aliphatic heterocycles. The Morgan fingerprint density at radius 1 is 1.08 bits per heavy atom. The minimum absolute atomic E-state index is 0.0413. The van der Waals surface area contributed by atoms with Crippen LogP contribution in [-0.4, -0.2) is 32.6 Å². The number of nitrogens with zero attached hydrogens (tertiary/aromatic N) is 1. The molecule has 0 atom stereocenters. The molecule has 0 aliphatic rings. The van der Waals surface area contributed by atoms with E-state index in [4.69, 9.17) is 4.74 Å². The first-order chi connectivity index (χ1) is 12.1. The van der Waals surface area contributed by atoms with Crippen LogP contribution >= 0.6 is 0 Å². The van der Waals surface area contributed by atoms with Crippen molar-refractivity contribution in [3.8, 4) is 5.75 Å². The number of hydrogen-bond acceptors (Lipinski definition) is 3. The van der Waals surface area contributed by atoms with Crippen molar-refractivity contribution in [2.45, 2.75) is 6.54 Å². The van der Waals surface area contributed by atoms with E-state index in [9.17, 15) is 9.18 Å². The van der Waals surface area contributed by atoms with Gasteiger partial charge in [-0.3, -0.25) is 9.79 Å². The molecule has 0 unspecified atom stereocenters. The van der Waals surface area contributed by atoms with Crippen LogP contribution in [0.15, 0.2) is 53.5 Å². The molecule has 132 valence electrons. The number of benzene rings is 2. The highest BCUT2D eigenvalue weighted by atomic mass is 19.1. The minimum atomic E-state index is -0.348. The van der Waals surface area contributed by atoms with Gasteiger partial charge in [0.1, 0.15) is 11.6 Å². The van der Waals surface area contributed by atoms with E-state index < -0.39 is 0 Å². The summed E-state index contributed by atoms with van der Waals surface area (Å²) in [5.41, 5.74) is 1.59. The molecule has 0 saturated heterocycles. The zero-order chi connectivity index (χ0) is 18.1. The highest BCUT2D eigenvalue weighted by Crippen LogP contribution is 2.11. The summed E-state index contributed by atoms with van der Waals surface area (Å²) in [6, 6.07) is 13.2. The van der Waals surface area contributed by atoms with E-state index in [1.165, 1.54) is 24.3 Å². The average Bonchev–Trinajstić information content (AvgIpc) is 2.64. The number of hydrogen-bond donors (Lipinski definition) is 3. The Bertz CT molecular complexity index is 715. The first-order valence-electron chi connectivity index (χ1n) is 7.73. The van der Waals surface area contributed by atoms with Crippen molar-refractivity contribution in [2.75, 3.05) is 26.0 Å². The number of carbonyl (C=O) groups is 1. The quantitative estimate of drug-likeness (QED) is 0.554. The van der Waals surface area contributed by atoms with Gasteiger partial charge >= 0.3 is 0 Å². The molecule has 0 aromatic heterocycles. The molecular weight excluding hydrogens is 323 g/mol. The van der Waals surface area contributed by atoms with Crippen LogP contribution in [0.3, 0.4) is 0 Å². The van der Waals surface area contributed by atoms with E-state index in [0.717, 1.165) is 11.3 Å². The molecule has 0 spiro atoms. The van der Waals surface area contributed by atoms with Gasteiger partial charge in [-0.1, -0.05) is 12.1 Å². The second kappa shape index (κ2) is 9.27. The highest BCUT2D eigenvalue weighted by molar-refractivity contribution is 5.94. The SMILES string of the molecule is CN=C(NCC(=O)Nc1ccc(F)cc1)NCc1ccc(OC)cc1. The number of aliphatic imine (C=N–C) groups is 1. The number of ether oxygens (including phenoxy) is 1. The van der Waals surface area contributed by atoms with Crippen molar-refractivity contribution in [3.05, 3.63) is 59.9 Å². The van der Waals surface area contributed by atoms with Crippen molar-refractivity contribution in [3.63, 3.8) is 0 Å². The zero-order valence-electron chi connectivity index (χ0n) is 14.2. The molecule has 6 nitrogen and oxygen atoms in total. The van der Waals surface area contributed by atoms with Crippen molar-refractivity contribution in [2.24, 2.45) is 4.99 Å². The maximum atomic E-state index is 12.8. The summed E-state index contributed by atoms with van der Waals surface area (Å²) in [5.74, 6) is 0.701. The van der Waals surface area contributed by atoms with Crippen LogP contribution < -0.4 is 20.7 Å². The van der Waals surface area contributed by atoms with Crippen LogP contribution in [-0.2, 0) is 11.3 Å². The maximum absolute atomic E-state index is 12.8. The summed E-state index contributed by atoms with van der Waals surface area (Å²) in [7, 11) is 3.25. The molecular formula is C18H21FN4O2. The first-order valence-corrected chi connectivity index (χ1v) is 7.73. The smallest absolute Gasteiger partial charge is 0.243 e. The van der Waals surface area contributed by atoms with Crippen LogP contribution in [0.1, 0.15) is 5.56 Å². The number of rotatable bonds is 6. The standard InChI is InChI=1S/C18H21FN4O2/c1-20-18(21-11-13-3-9-16(25-2)10-4-13)22-12-17(24)23-15-7-5-14(19)6-8-15/h3-10H,11-12H2,1-2H3,(H,23,24)(H2,20,21,22). The Labute approximate surface area is 146 Å². The fourth-order valence-corrected chi connectivity index (χ4v) is 2.05. The van der Waals surface area contributed by atoms with Gasteiger partial charge in [0.2, 0.25) is 5.91 Å². The summed E-state index contributed by atoms with van der Waals surface area (Å²) in [6.45, 7) is 0.600. The third-order valence-electron chi connectivity index (χ3n) is 3.39. The van der Waals surface area contributed by atoms with Crippen molar-refractivity contribution >= 4 is 17.6 Å².